The second-order valence-corrected chi connectivity index (χ2v) is 7.51. The van der Waals surface area contributed by atoms with Gasteiger partial charge in [-0.3, -0.25) is 0 Å². The second kappa shape index (κ2) is 4.42. The predicted octanol–water partition coefficient (Wildman–Crippen LogP) is 2.60. The number of ether oxygens (including phenoxy) is 1. The average molecular weight is 306 g/mol. The van der Waals surface area contributed by atoms with E-state index < -0.39 is 21.5 Å². The molecule has 0 fully saturated rings. The Labute approximate surface area is 87.2 Å². The van der Waals surface area contributed by atoms with Gasteiger partial charge in [0.1, 0.15) is 0 Å². The third-order valence-corrected chi connectivity index (χ3v) is 6.31. The van der Waals surface area contributed by atoms with E-state index >= 15 is 0 Å². The quantitative estimate of drug-likeness (QED) is 0.763. The SMILES string of the molecule is FC(F)(F)Oc1cc[c]([Zn][Br])cc1. The van der Waals surface area contributed by atoms with Crippen LogP contribution in [0.15, 0.2) is 24.3 Å². The molecule has 0 saturated heterocycles. The van der Waals surface area contributed by atoms with E-state index in [9.17, 15) is 13.2 Å². The number of rotatable bonds is 2. The molecule has 1 aromatic rings. The normalized spacial score (nSPS) is 10.8. The van der Waals surface area contributed by atoms with E-state index in [4.69, 9.17) is 0 Å². The van der Waals surface area contributed by atoms with Gasteiger partial charge in [-0.2, -0.15) is 0 Å². The van der Waals surface area contributed by atoms with E-state index in [1.807, 2.05) is 0 Å². The standard InChI is InChI=1S/C7H4F3O.BrH.Zn/c8-7(9,10)11-6-4-2-1-3-5-6;;/h2-5H;1H;/q;;+1/p-1. The molecule has 13 heavy (non-hydrogen) atoms. The maximum absolute atomic E-state index is 11.7. The van der Waals surface area contributed by atoms with Crippen LogP contribution >= 0.6 is 13.6 Å². The molecule has 1 nitrogen and oxygen atoms in total. The van der Waals surface area contributed by atoms with Crippen molar-refractivity contribution < 1.29 is 33.1 Å². The number of hydrogen-bond acceptors (Lipinski definition) is 1. The van der Waals surface area contributed by atoms with Gasteiger partial charge >= 0.3 is 87.2 Å². The van der Waals surface area contributed by atoms with Gasteiger partial charge in [-0.15, -0.1) is 0 Å². The van der Waals surface area contributed by atoms with Gasteiger partial charge in [0.25, 0.3) is 0 Å². The first kappa shape index (κ1) is 11.0. The van der Waals surface area contributed by atoms with Crippen molar-refractivity contribution in [2.75, 3.05) is 0 Å². The van der Waals surface area contributed by atoms with Crippen LogP contribution in [0.25, 0.3) is 0 Å². The Bertz CT molecular complexity index is 272. The zero-order chi connectivity index (χ0) is 9.90. The van der Waals surface area contributed by atoms with Gasteiger partial charge in [0.05, 0.1) is 0 Å². The molecule has 0 amide bonds. The molecule has 0 heterocycles. The molecule has 0 bridgehead atoms. The van der Waals surface area contributed by atoms with Crippen LogP contribution in [-0.2, 0) is 15.2 Å². The van der Waals surface area contributed by atoms with Crippen LogP contribution < -0.4 is 8.89 Å². The third kappa shape index (κ3) is 4.09. The van der Waals surface area contributed by atoms with Crippen molar-refractivity contribution >= 4 is 17.8 Å². The van der Waals surface area contributed by atoms with Crippen LogP contribution in [0.3, 0.4) is 0 Å². The van der Waals surface area contributed by atoms with Crippen molar-refractivity contribution in [3.63, 3.8) is 0 Å². The van der Waals surface area contributed by atoms with E-state index in [0.717, 1.165) is 4.16 Å². The molecule has 0 atom stereocenters. The van der Waals surface area contributed by atoms with E-state index in [1.165, 1.54) is 12.1 Å². The molecule has 1 rings (SSSR count). The van der Waals surface area contributed by atoms with Crippen molar-refractivity contribution in [2.24, 2.45) is 0 Å². The second-order valence-electron chi connectivity index (χ2n) is 2.33. The fourth-order valence-electron chi connectivity index (χ4n) is 0.780. The Kier molecular flexibility index (Phi) is 3.74. The first-order valence-corrected chi connectivity index (χ1v) is 11.8. The summed E-state index contributed by atoms with van der Waals surface area (Å²) < 4.78 is 39.9. The van der Waals surface area contributed by atoms with Crippen LogP contribution in [0.5, 0.6) is 5.75 Å². The Morgan fingerprint density at radius 3 is 2.08 bits per heavy atom. The molecular formula is C7H4BrF3OZn. The monoisotopic (exact) mass is 304 g/mol. The summed E-state index contributed by atoms with van der Waals surface area (Å²) in [5, 5.41) is 0. The summed E-state index contributed by atoms with van der Waals surface area (Å²) in [5.41, 5.74) is 0. The molecule has 0 radical (unpaired) electrons. The average Bonchev–Trinajstić information content (AvgIpc) is 2.03. The van der Waals surface area contributed by atoms with Gasteiger partial charge in [-0.05, 0) is 0 Å². The number of alkyl halides is 3. The molecule has 0 aromatic heterocycles. The Morgan fingerprint density at radius 1 is 1.15 bits per heavy atom. The Morgan fingerprint density at radius 2 is 1.69 bits per heavy atom. The topological polar surface area (TPSA) is 9.23 Å². The predicted molar refractivity (Wildman–Crippen MR) is 41.7 cm³/mol. The number of halogens is 4. The molecule has 6 heteroatoms. The van der Waals surface area contributed by atoms with Gasteiger partial charge in [0.15, 0.2) is 0 Å². The summed E-state index contributed by atoms with van der Waals surface area (Å²) in [6.07, 6.45) is -4.60. The van der Waals surface area contributed by atoms with Gasteiger partial charge in [-0.1, -0.05) is 0 Å². The molecule has 0 aliphatic heterocycles. The van der Waals surface area contributed by atoms with Crippen molar-refractivity contribution in [3.05, 3.63) is 24.3 Å². The summed E-state index contributed by atoms with van der Waals surface area (Å²) in [4.78, 5) is 0. The van der Waals surface area contributed by atoms with E-state index in [2.05, 4.69) is 18.4 Å². The zero-order valence-electron chi connectivity index (χ0n) is 6.44. The first-order valence-electron chi connectivity index (χ1n) is 3.42. The van der Waals surface area contributed by atoms with E-state index in [-0.39, 0.29) is 5.75 Å². The summed E-state index contributed by atoms with van der Waals surface area (Å²) in [7, 11) is 0. The number of hydrogen-bond donors (Lipinski definition) is 0. The van der Waals surface area contributed by atoms with Crippen LogP contribution in [-0.4, -0.2) is 6.36 Å². The first-order chi connectivity index (χ1) is 6.01. The zero-order valence-corrected chi connectivity index (χ0v) is 11.0. The van der Waals surface area contributed by atoms with Crippen molar-refractivity contribution in [1.29, 1.82) is 0 Å². The van der Waals surface area contributed by atoms with Crippen LogP contribution in [0, 0.1) is 0 Å². The van der Waals surface area contributed by atoms with Crippen molar-refractivity contribution in [2.45, 2.75) is 6.36 Å². The summed E-state index contributed by atoms with van der Waals surface area (Å²) in [5.74, 6) is -0.167. The minimum atomic E-state index is -4.60. The summed E-state index contributed by atoms with van der Waals surface area (Å²) in [6, 6.07) is 5.95. The Balaban J connectivity index is 2.70. The molecule has 0 aliphatic carbocycles. The maximum atomic E-state index is 11.7. The molecule has 0 spiro atoms. The van der Waals surface area contributed by atoms with Crippen LogP contribution in [0.4, 0.5) is 13.2 Å². The minimum absolute atomic E-state index is 0.167. The van der Waals surface area contributed by atoms with Crippen LogP contribution in [0.1, 0.15) is 0 Å². The van der Waals surface area contributed by atoms with Gasteiger partial charge in [-0.25, -0.2) is 0 Å². The van der Waals surface area contributed by atoms with Gasteiger partial charge in [0.2, 0.25) is 0 Å². The van der Waals surface area contributed by atoms with Gasteiger partial charge in [0, 0.05) is 0 Å². The molecule has 0 N–H and O–H groups in total. The molecule has 0 aliphatic rings. The molecule has 0 saturated carbocycles. The molecule has 0 unspecified atom stereocenters. The number of benzene rings is 1. The van der Waals surface area contributed by atoms with Crippen molar-refractivity contribution in [1.82, 2.24) is 0 Å². The summed E-state index contributed by atoms with van der Waals surface area (Å²) >= 11 is 2.49. The fraction of sp³-hybridized carbons (Fsp3) is 0.143. The summed E-state index contributed by atoms with van der Waals surface area (Å²) in [6.45, 7) is 0. The third-order valence-electron chi connectivity index (χ3n) is 1.31. The van der Waals surface area contributed by atoms with E-state index in [1.54, 1.807) is 12.1 Å². The fourth-order valence-corrected chi connectivity index (χ4v) is 3.59. The van der Waals surface area contributed by atoms with Gasteiger partial charge < -0.3 is 0 Å². The Hall–Kier alpha value is -0.0866. The van der Waals surface area contributed by atoms with Crippen LogP contribution in [0.2, 0.25) is 0 Å². The molecule has 68 valence electrons. The van der Waals surface area contributed by atoms with E-state index in [0.29, 0.717) is 0 Å². The van der Waals surface area contributed by atoms with Crippen molar-refractivity contribution in [3.8, 4) is 5.75 Å². The molecule has 1 aromatic carbocycles. The molecular weight excluding hydrogens is 302 g/mol.